The smallest absolute Gasteiger partial charge is 0.259 e. The lowest BCUT2D eigenvalue weighted by Crippen LogP contribution is -2.33. The third kappa shape index (κ3) is 4.81. The van der Waals surface area contributed by atoms with Crippen LogP contribution in [0.15, 0.2) is 24.3 Å². The van der Waals surface area contributed by atoms with Gasteiger partial charge in [0, 0.05) is 6.42 Å². The summed E-state index contributed by atoms with van der Waals surface area (Å²) in [5, 5.41) is 0. The molecule has 23 heavy (non-hydrogen) atoms. The molecule has 0 spiro atoms. The molecule has 0 aliphatic rings. The summed E-state index contributed by atoms with van der Waals surface area (Å²) in [6.07, 6.45) is 10.1. The van der Waals surface area contributed by atoms with Crippen molar-refractivity contribution in [3.8, 4) is 0 Å². The number of benzene rings is 1. The van der Waals surface area contributed by atoms with Crippen LogP contribution < -0.4 is 4.57 Å². The van der Waals surface area contributed by atoms with Crippen LogP contribution >= 0.6 is 0 Å². The predicted molar refractivity (Wildman–Crippen MR) is 96.4 cm³/mol. The highest BCUT2D eigenvalue weighted by molar-refractivity contribution is 5.72. The van der Waals surface area contributed by atoms with E-state index in [2.05, 4.69) is 54.3 Å². The number of hydrogen-bond acceptors (Lipinski definition) is 1. The molecule has 3 nitrogen and oxygen atoms in total. The molecule has 1 aromatic carbocycles. The van der Waals surface area contributed by atoms with Gasteiger partial charge in [0.25, 0.3) is 5.82 Å². The second-order valence-electron chi connectivity index (χ2n) is 6.45. The van der Waals surface area contributed by atoms with Gasteiger partial charge in [0.1, 0.15) is 0 Å². The van der Waals surface area contributed by atoms with Crippen molar-refractivity contribution in [3.63, 3.8) is 0 Å². The summed E-state index contributed by atoms with van der Waals surface area (Å²) >= 11 is 0. The van der Waals surface area contributed by atoms with E-state index in [9.17, 15) is 0 Å². The average Bonchev–Trinajstić information content (AvgIpc) is 2.83. The molecule has 2 aromatic rings. The molecule has 0 atom stereocenters. The standard InChI is InChI=1S/C20H33N2O/c1-4-6-7-8-9-12-16-23-17-22-19-15-11-10-14-18(19)21(3)20(22)13-5-2/h10-11,14-15H,4-9,12-13,16-17H2,1-3H3/q+1. The maximum Gasteiger partial charge on any atom is 0.259 e. The van der Waals surface area contributed by atoms with Crippen molar-refractivity contribution >= 4 is 11.0 Å². The highest BCUT2D eigenvalue weighted by Gasteiger charge is 2.21. The molecule has 0 saturated carbocycles. The van der Waals surface area contributed by atoms with Crippen molar-refractivity contribution in [2.75, 3.05) is 6.61 Å². The van der Waals surface area contributed by atoms with Gasteiger partial charge in [-0.3, -0.25) is 0 Å². The number of ether oxygens (including phenoxy) is 1. The SMILES string of the molecule is CCCCCCCCOCn1c(CCC)[n+](C)c2ccccc21. The quantitative estimate of drug-likeness (QED) is 0.432. The van der Waals surface area contributed by atoms with Crippen molar-refractivity contribution < 1.29 is 9.30 Å². The van der Waals surface area contributed by atoms with Crippen LogP contribution in [-0.4, -0.2) is 11.2 Å². The first-order chi connectivity index (χ1) is 11.3. The van der Waals surface area contributed by atoms with Gasteiger partial charge in [-0.15, -0.1) is 0 Å². The van der Waals surface area contributed by atoms with E-state index in [1.807, 2.05) is 0 Å². The first kappa shape index (κ1) is 18.0. The van der Waals surface area contributed by atoms with Gasteiger partial charge in [-0.2, -0.15) is 0 Å². The fourth-order valence-electron chi connectivity index (χ4n) is 3.25. The number of para-hydroxylation sites is 2. The lowest BCUT2D eigenvalue weighted by molar-refractivity contribution is -0.654. The number of nitrogens with zero attached hydrogens (tertiary/aromatic N) is 2. The van der Waals surface area contributed by atoms with Crippen molar-refractivity contribution in [2.24, 2.45) is 7.05 Å². The highest BCUT2D eigenvalue weighted by Crippen LogP contribution is 2.15. The minimum absolute atomic E-state index is 0.672. The molecule has 0 aliphatic heterocycles. The third-order valence-corrected chi connectivity index (χ3v) is 4.57. The first-order valence-corrected chi connectivity index (χ1v) is 9.33. The fraction of sp³-hybridized carbons (Fsp3) is 0.650. The summed E-state index contributed by atoms with van der Waals surface area (Å²) in [5.74, 6) is 1.36. The van der Waals surface area contributed by atoms with Gasteiger partial charge in [-0.05, 0) is 25.0 Å². The Kier molecular flexibility index (Phi) is 7.60. The molecule has 0 unspecified atom stereocenters. The van der Waals surface area contributed by atoms with Crippen LogP contribution in [0.3, 0.4) is 0 Å². The topological polar surface area (TPSA) is 18.0 Å². The lowest BCUT2D eigenvalue weighted by atomic mass is 10.1. The number of hydrogen-bond donors (Lipinski definition) is 0. The molecule has 0 bridgehead atoms. The van der Waals surface area contributed by atoms with Crippen LogP contribution in [0, 0.1) is 0 Å². The molecule has 1 heterocycles. The van der Waals surface area contributed by atoms with Crippen LogP contribution in [0.2, 0.25) is 0 Å². The van der Waals surface area contributed by atoms with E-state index in [1.165, 1.54) is 55.4 Å². The molecule has 0 fully saturated rings. The fourth-order valence-corrected chi connectivity index (χ4v) is 3.25. The Morgan fingerprint density at radius 2 is 1.70 bits per heavy atom. The zero-order valence-electron chi connectivity index (χ0n) is 15.2. The van der Waals surface area contributed by atoms with Crippen molar-refractivity contribution in [1.82, 2.24) is 4.57 Å². The molecular formula is C20H33N2O+. The molecule has 0 aliphatic carbocycles. The molecule has 0 saturated heterocycles. The van der Waals surface area contributed by atoms with Gasteiger partial charge in [0.2, 0.25) is 0 Å². The highest BCUT2D eigenvalue weighted by atomic mass is 16.5. The Morgan fingerprint density at radius 3 is 2.48 bits per heavy atom. The third-order valence-electron chi connectivity index (χ3n) is 4.57. The van der Waals surface area contributed by atoms with Crippen LogP contribution in [0.25, 0.3) is 11.0 Å². The second-order valence-corrected chi connectivity index (χ2v) is 6.45. The summed E-state index contributed by atoms with van der Waals surface area (Å²) in [6.45, 7) is 6.04. The number of aromatic nitrogens is 2. The number of aryl methyl sites for hydroxylation is 1. The zero-order chi connectivity index (χ0) is 16.5. The van der Waals surface area contributed by atoms with E-state index in [-0.39, 0.29) is 0 Å². The predicted octanol–water partition coefficient (Wildman–Crippen LogP) is 4.75. The summed E-state index contributed by atoms with van der Waals surface area (Å²) in [5.41, 5.74) is 2.57. The summed E-state index contributed by atoms with van der Waals surface area (Å²) < 4.78 is 10.6. The molecule has 0 N–H and O–H groups in total. The van der Waals surface area contributed by atoms with Crippen molar-refractivity contribution in [2.45, 2.75) is 71.9 Å². The molecule has 2 rings (SSSR count). The van der Waals surface area contributed by atoms with E-state index in [1.54, 1.807) is 0 Å². The molecular weight excluding hydrogens is 284 g/mol. The normalized spacial score (nSPS) is 11.4. The molecule has 0 amide bonds. The Morgan fingerprint density at radius 1 is 0.957 bits per heavy atom. The second kappa shape index (κ2) is 9.71. The molecule has 128 valence electrons. The largest absolute Gasteiger partial charge is 0.342 e. The van der Waals surface area contributed by atoms with Crippen LogP contribution in [0.4, 0.5) is 0 Å². The van der Waals surface area contributed by atoms with E-state index >= 15 is 0 Å². The first-order valence-electron chi connectivity index (χ1n) is 9.33. The minimum Gasteiger partial charge on any atom is -0.342 e. The minimum atomic E-state index is 0.672. The lowest BCUT2D eigenvalue weighted by Gasteiger charge is -2.05. The van der Waals surface area contributed by atoms with Crippen LogP contribution in [0.1, 0.15) is 64.6 Å². The van der Waals surface area contributed by atoms with Gasteiger partial charge in [-0.1, -0.05) is 58.1 Å². The monoisotopic (exact) mass is 317 g/mol. The summed E-state index contributed by atoms with van der Waals surface area (Å²) in [7, 11) is 2.16. The summed E-state index contributed by atoms with van der Waals surface area (Å²) in [4.78, 5) is 0. The Labute approximate surface area is 141 Å². The van der Waals surface area contributed by atoms with E-state index in [0.717, 1.165) is 19.4 Å². The van der Waals surface area contributed by atoms with Crippen LogP contribution in [-0.2, 0) is 24.9 Å². The van der Waals surface area contributed by atoms with Gasteiger partial charge < -0.3 is 4.74 Å². The van der Waals surface area contributed by atoms with Crippen LogP contribution in [0.5, 0.6) is 0 Å². The van der Waals surface area contributed by atoms with E-state index in [0.29, 0.717) is 6.73 Å². The van der Waals surface area contributed by atoms with Gasteiger partial charge in [0.15, 0.2) is 17.8 Å². The summed E-state index contributed by atoms with van der Waals surface area (Å²) in [6, 6.07) is 8.61. The van der Waals surface area contributed by atoms with Gasteiger partial charge in [-0.25, -0.2) is 9.13 Å². The van der Waals surface area contributed by atoms with E-state index < -0.39 is 0 Å². The number of rotatable bonds is 11. The molecule has 0 radical (unpaired) electrons. The molecule has 1 aromatic heterocycles. The Hall–Kier alpha value is -1.35. The van der Waals surface area contributed by atoms with E-state index in [4.69, 9.17) is 4.74 Å². The zero-order valence-corrected chi connectivity index (χ0v) is 15.2. The maximum atomic E-state index is 5.98. The van der Waals surface area contributed by atoms with Crippen molar-refractivity contribution in [1.29, 1.82) is 0 Å². The average molecular weight is 317 g/mol. The van der Waals surface area contributed by atoms with Crippen molar-refractivity contribution in [3.05, 3.63) is 30.1 Å². The number of unbranched alkanes of at least 4 members (excludes halogenated alkanes) is 5. The number of fused-ring (bicyclic) bond motifs is 1. The number of imidazole rings is 1. The Balaban J connectivity index is 1.90. The van der Waals surface area contributed by atoms with Gasteiger partial charge in [0.05, 0.1) is 13.7 Å². The van der Waals surface area contributed by atoms with Gasteiger partial charge >= 0.3 is 0 Å². The molecule has 3 heteroatoms. The maximum absolute atomic E-state index is 5.98. The Bertz CT molecular complexity index is 589.